The summed E-state index contributed by atoms with van der Waals surface area (Å²) in [5.41, 5.74) is 0.321. The highest BCUT2D eigenvalue weighted by Gasteiger charge is 2.42. The number of halogens is 1. The number of benzene rings is 1. The maximum absolute atomic E-state index is 13.1. The molecule has 9 heteroatoms. The number of ether oxygens (including phenoxy) is 2. The highest BCUT2D eigenvalue weighted by molar-refractivity contribution is 7.18. The molecule has 7 nitrogen and oxygen atoms in total. The molecule has 0 fully saturated rings. The molecule has 0 unspecified atom stereocenters. The molecule has 35 heavy (non-hydrogen) atoms. The van der Waals surface area contributed by atoms with Gasteiger partial charge in [0.25, 0.3) is 0 Å². The van der Waals surface area contributed by atoms with Crippen LogP contribution in [-0.4, -0.2) is 52.4 Å². The molecule has 0 bridgehead atoms. The van der Waals surface area contributed by atoms with Gasteiger partial charge < -0.3 is 19.7 Å². The van der Waals surface area contributed by atoms with E-state index in [1.165, 1.54) is 0 Å². The average Bonchev–Trinajstić information content (AvgIpc) is 3.18. The van der Waals surface area contributed by atoms with E-state index in [1.54, 1.807) is 45.1 Å². The number of aliphatic hydroxyl groups excluding tert-OH is 2. The predicted molar refractivity (Wildman–Crippen MR) is 136 cm³/mol. The number of aryl methyl sites for hydroxylation is 1. The molecule has 1 aliphatic heterocycles. The van der Waals surface area contributed by atoms with Gasteiger partial charge in [0.05, 0.1) is 52.5 Å². The van der Waals surface area contributed by atoms with Gasteiger partial charge in [-0.2, -0.15) is 0 Å². The van der Waals surface area contributed by atoms with Crippen LogP contribution in [0.15, 0.2) is 29.3 Å². The Morgan fingerprint density at radius 2 is 1.91 bits per heavy atom. The van der Waals surface area contributed by atoms with Crippen molar-refractivity contribution in [3.05, 3.63) is 39.9 Å². The largest absolute Gasteiger partial charge is 0.457 e. The second-order valence-electron chi connectivity index (χ2n) is 9.90. The first-order chi connectivity index (χ1) is 16.4. The molecule has 0 aliphatic carbocycles. The Morgan fingerprint density at radius 1 is 1.20 bits per heavy atom. The molecule has 1 aromatic heterocycles. The zero-order valence-electron chi connectivity index (χ0n) is 20.8. The number of aliphatic hydroxyl groups is 2. The van der Waals surface area contributed by atoms with Crippen molar-refractivity contribution in [2.75, 3.05) is 13.2 Å². The summed E-state index contributed by atoms with van der Waals surface area (Å²) in [4.78, 5) is 30.6. The van der Waals surface area contributed by atoms with Gasteiger partial charge in [0, 0.05) is 23.3 Å². The summed E-state index contributed by atoms with van der Waals surface area (Å²) in [6.07, 6.45) is -1.20. The number of carbonyl (C=O) groups excluding carboxylic acids is 2. The number of nitrogens with zero attached hydrogens (tertiary/aromatic N) is 1. The fourth-order valence-corrected chi connectivity index (χ4v) is 5.24. The summed E-state index contributed by atoms with van der Waals surface area (Å²) in [7, 11) is 0. The zero-order chi connectivity index (χ0) is 25.9. The molecule has 1 aliphatic rings. The highest BCUT2D eigenvalue weighted by atomic mass is 35.5. The number of esters is 1. The van der Waals surface area contributed by atoms with Gasteiger partial charge in [0.1, 0.15) is 11.9 Å². The van der Waals surface area contributed by atoms with E-state index in [4.69, 9.17) is 21.1 Å². The topological polar surface area (TPSA) is 106 Å². The van der Waals surface area contributed by atoms with E-state index >= 15 is 0 Å². The number of ketones is 1. The normalized spacial score (nSPS) is 31.1. The number of aromatic nitrogens is 1. The van der Waals surface area contributed by atoms with Crippen LogP contribution in [0, 0.1) is 24.2 Å². The summed E-state index contributed by atoms with van der Waals surface area (Å²) in [6.45, 7) is 8.87. The first kappa shape index (κ1) is 27.7. The van der Waals surface area contributed by atoms with Crippen LogP contribution in [0.4, 0.5) is 0 Å². The Labute approximate surface area is 215 Å². The molecule has 5 atom stereocenters. The number of hydrogen-bond donors (Lipinski definition) is 2. The lowest BCUT2D eigenvalue weighted by molar-refractivity contribution is -0.156. The van der Waals surface area contributed by atoms with E-state index in [2.05, 4.69) is 4.98 Å². The van der Waals surface area contributed by atoms with Gasteiger partial charge >= 0.3 is 5.97 Å². The van der Waals surface area contributed by atoms with Crippen molar-refractivity contribution < 1.29 is 29.3 Å². The van der Waals surface area contributed by atoms with Crippen molar-refractivity contribution in [1.29, 1.82) is 0 Å². The SMILES string of the molecule is Cc1nc2cc([C@@H]3C/C=C(/Cl)COC[C@H](C)[C@H](O)[C@H](C)C(=O)C(C)(C)[C@@H](O)CC(=O)O3)ccc2s1. The summed E-state index contributed by atoms with van der Waals surface area (Å²) < 4.78 is 12.5. The van der Waals surface area contributed by atoms with Crippen molar-refractivity contribution >= 4 is 44.9 Å². The van der Waals surface area contributed by atoms with Crippen LogP contribution in [0.2, 0.25) is 0 Å². The molecule has 2 N–H and O–H groups in total. The van der Waals surface area contributed by atoms with Crippen LogP contribution in [-0.2, 0) is 19.1 Å². The number of Topliss-reactive ketones (excluding diaryl/α,β-unsaturated/α-hetero) is 1. The third-order valence-electron chi connectivity index (χ3n) is 6.68. The van der Waals surface area contributed by atoms with E-state index in [-0.39, 0.29) is 31.3 Å². The number of hydrogen-bond acceptors (Lipinski definition) is 8. The summed E-state index contributed by atoms with van der Waals surface area (Å²) >= 11 is 7.94. The van der Waals surface area contributed by atoms with Crippen molar-refractivity contribution in [3.8, 4) is 0 Å². The van der Waals surface area contributed by atoms with Gasteiger partial charge in [-0.05, 0) is 24.6 Å². The van der Waals surface area contributed by atoms with Crippen molar-refractivity contribution in [1.82, 2.24) is 4.98 Å². The Balaban J connectivity index is 1.91. The summed E-state index contributed by atoms with van der Waals surface area (Å²) in [6, 6.07) is 5.73. The first-order valence-corrected chi connectivity index (χ1v) is 13.0. The molecule has 0 amide bonds. The maximum Gasteiger partial charge on any atom is 0.309 e. The minimum absolute atomic E-state index is 0.135. The van der Waals surface area contributed by atoms with Gasteiger partial charge in [-0.1, -0.05) is 51.4 Å². The number of rotatable bonds is 1. The molecule has 2 aromatic rings. The molecule has 192 valence electrons. The van der Waals surface area contributed by atoms with Crippen molar-refractivity contribution in [3.63, 3.8) is 0 Å². The van der Waals surface area contributed by atoms with Crippen molar-refractivity contribution in [2.24, 2.45) is 17.3 Å². The van der Waals surface area contributed by atoms with E-state index < -0.39 is 35.6 Å². The third-order valence-corrected chi connectivity index (χ3v) is 7.89. The second-order valence-corrected chi connectivity index (χ2v) is 11.6. The van der Waals surface area contributed by atoms with Crippen LogP contribution in [0.25, 0.3) is 10.2 Å². The molecule has 0 saturated heterocycles. The smallest absolute Gasteiger partial charge is 0.309 e. The quantitative estimate of drug-likeness (QED) is 0.521. The van der Waals surface area contributed by atoms with Crippen LogP contribution in [0.5, 0.6) is 0 Å². The van der Waals surface area contributed by atoms with Gasteiger partial charge in [-0.3, -0.25) is 9.59 Å². The fourth-order valence-electron chi connectivity index (χ4n) is 4.27. The van der Waals surface area contributed by atoms with Crippen LogP contribution < -0.4 is 0 Å². The highest BCUT2D eigenvalue weighted by Crippen LogP contribution is 2.33. The zero-order valence-corrected chi connectivity index (χ0v) is 22.4. The Bertz CT molecular complexity index is 1100. The first-order valence-electron chi connectivity index (χ1n) is 11.8. The maximum atomic E-state index is 13.1. The van der Waals surface area contributed by atoms with Crippen LogP contribution in [0.3, 0.4) is 0 Å². The van der Waals surface area contributed by atoms with Crippen molar-refractivity contribution in [2.45, 2.75) is 65.8 Å². The third kappa shape index (κ3) is 6.68. The minimum atomic E-state index is -1.28. The number of fused-ring (bicyclic) bond motifs is 1. The number of cyclic esters (lactones) is 1. The van der Waals surface area contributed by atoms with E-state index in [0.717, 1.165) is 20.8 Å². The Kier molecular flexibility index (Phi) is 9.10. The summed E-state index contributed by atoms with van der Waals surface area (Å²) in [5, 5.41) is 22.9. The Hall–Kier alpha value is -1.84. The molecule has 1 aromatic carbocycles. The minimum Gasteiger partial charge on any atom is -0.457 e. The fraction of sp³-hybridized carbons (Fsp3) is 0.577. The van der Waals surface area contributed by atoms with Crippen LogP contribution >= 0.6 is 22.9 Å². The lowest BCUT2D eigenvalue weighted by Gasteiger charge is -2.34. The van der Waals surface area contributed by atoms with Gasteiger partial charge in [-0.25, -0.2) is 4.98 Å². The van der Waals surface area contributed by atoms with Gasteiger partial charge in [0.2, 0.25) is 0 Å². The number of thiazole rings is 1. The predicted octanol–water partition coefficient (Wildman–Crippen LogP) is 4.71. The molecular weight excluding hydrogens is 490 g/mol. The van der Waals surface area contributed by atoms with E-state index in [1.807, 2.05) is 25.1 Å². The summed E-state index contributed by atoms with van der Waals surface area (Å²) in [5.74, 6) is -2.05. The number of carbonyl (C=O) groups is 2. The molecule has 3 rings (SSSR count). The lowest BCUT2D eigenvalue weighted by Crippen LogP contribution is -2.46. The van der Waals surface area contributed by atoms with Gasteiger partial charge in [0.15, 0.2) is 0 Å². The molecule has 0 radical (unpaired) electrons. The lowest BCUT2D eigenvalue weighted by atomic mass is 9.73. The standard InChI is InChI=1S/C26H34ClNO6S/c1-14-12-33-13-18(27)7-8-20(17-6-9-21-19(10-17)28-16(3)35-21)34-23(30)11-22(29)26(4,5)25(32)15(2)24(14)31/h6-7,9-10,14-15,20,22,24,29,31H,8,11-13H2,1-5H3/b18-7+/t14-,15-,20-,22-,24-/m0/s1. The molecule has 0 spiro atoms. The second kappa shape index (κ2) is 11.5. The molecule has 0 saturated carbocycles. The van der Waals surface area contributed by atoms with E-state index in [9.17, 15) is 19.8 Å². The monoisotopic (exact) mass is 523 g/mol. The molecular formula is C26H34ClNO6S. The molecule has 2 heterocycles. The average molecular weight is 524 g/mol. The Morgan fingerprint density at radius 3 is 2.63 bits per heavy atom. The van der Waals surface area contributed by atoms with E-state index in [0.29, 0.717) is 11.5 Å². The van der Waals surface area contributed by atoms with Gasteiger partial charge in [-0.15, -0.1) is 11.3 Å². The van der Waals surface area contributed by atoms with Crippen LogP contribution in [0.1, 0.15) is 57.2 Å².